The molecule has 1 fully saturated rings. The van der Waals surface area contributed by atoms with Crippen LogP contribution in [0.25, 0.3) is 0 Å². The van der Waals surface area contributed by atoms with Crippen LogP contribution in [0.4, 0.5) is 5.82 Å². The summed E-state index contributed by atoms with van der Waals surface area (Å²) < 4.78 is 1.02. The predicted octanol–water partition coefficient (Wildman–Crippen LogP) is 2.01. The normalized spacial score (nSPS) is 21.9. The number of hydrogen-bond donors (Lipinski definition) is 2. The minimum Gasteiger partial charge on any atom is -0.366 e. The third kappa shape index (κ3) is 2.69. The van der Waals surface area contributed by atoms with E-state index in [9.17, 15) is 0 Å². The van der Waals surface area contributed by atoms with E-state index in [-0.39, 0.29) is 0 Å². The summed E-state index contributed by atoms with van der Waals surface area (Å²) in [6, 6.07) is 4.53. The number of rotatable bonds is 2. The van der Waals surface area contributed by atoms with E-state index < -0.39 is 0 Å². The Kier molecular flexibility index (Phi) is 3.37. The average molecular weight is 256 g/mol. The van der Waals surface area contributed by atoms with Gasteiger partial charge < -0.3 is 10.6 Å². The molecule has 0 bridgehead atoms. The highest BCUT2D eigenvalue weighted by molar-refractivity contribution is 9.10. The Morgan fingerprint density at radius 3 is 3.07 bits per heavy atom. The van der Waals surface area contributed by atoms with Gasteiger partial charge in [-0.25, -0.2) is 4.98 Å². The minimum absolute atomic E-state index is 0.525. The third-order valence-corrected chi connectivity index (χ3v) is 2.85. The van der Waals surface area contributed by atoms with E-state index in [1.807, 2.05) is 18.3 Å². The molecule has 1 atom stereocenters. The SMILES string of the molecule is Brc1ccc(NC2CCCNC2)nc1. The van der Waals surface area contributed by atoms with Gasteiger partial charge in [0.1, 0.15) is 5.82 Å². The van der Waals surface area contributed by atoms with E-state index in [4.69, 9.17) is 0 Å². The zero-order chi connectivity index (χ0) is 9.80. The number of hydrogen-bond acceptors (Lipinski definition) is 3. The maximum Gasteiger partial charge on any atom is 0.126 e. The molecule has 1 aromatic rings. The van der Waals surface area contributed by atoms with E-state index in [1.54, 1.807) is 0 Å². The molecule has 2 heterocycles. The lowest BCUT2D eigenvalue weighted by Crippen LogP contribution is -2.38. The molecule has 1 aliphatic rings. The van der Waals surface area contributed by atoms with Crippen molar-refractivity contribution in [2.24, 2.45) is 0 Å². The summed E-state index contributed by atoms with van der Waals surface area (Å²) in [4.78, 5) is 4.29. The second kappa shape index (κ2) is 4.75. The predicted molar refractivity (Wildman–Crippen MR) is 61.5 cm³/mol. The van der Waals surface area contributed by atoms with Crippen molar-refractivity contribution in [3.8, 4) is 0 Å². The second-order valence-electron chi connectivity index (χ2n) is 3.55. The lowest BCUT2D eigenvalue weighted by atomic mass is 10.1. The van der Waals surface area contributed by atoms with E-state index in [1.165, 1.54) is 12.8 Å². The first-order valence-electron chi connectivity index (χ1n) is 4.93. The standard InChI is InChI=1S/C10H14BrN3/c11-8-3-4-10(13-6-8)14-9-2-1-5-12-7-9/h3-4,6,9,12H,1-2,5,7H2,(H,13,14). The van der Waals surface area contributed by atoms with Gasteiger partial charge >= 0.3 is 0 Å². The monoisotopic (exact) mass is 255 g/mol. The number of anilines is 1. The highest BCUT2D eigenvalue weighted by Gasteiger charge is 2.12. The summed E-state index contributed by atoms with van der Waals surface area (Å²) in [5.41, 5.74) is 0. The number of nitrogens with zero attached hydrogens (tertiary/aromatic N) is 1. The first kappa shape index (κ1) is 9.93. The highest BCUT2D eigenvalue weighted by Crippen LogP contribution is 2.13. The molecular formula is C10H14BrN3. The molecule has 0 aromatic carbocycles. The molecule has 1 saturated heterocycles. The van der Waals surface area contributed by atoms with Crippen LogP contribution in [0, 0.1) is 0 Å². The van der Waals surface area contributed by atoms with Gasteiger partial charge in [-0.1, -0.05) is 0 Å². The van der Waals surface area contributed by atoms with Gasteiger partial charge in [0.05, 0.1) is 0 Å². The number of aromatic nitrogens is 1. The molecule has 0 radical (unpaired) electrons. The number of piperidine rings is 1. The van der Waals surface area contributed by atoms with Crippen LogP contribution in [0.3, 0.4) is 0 Å². The molecule has 14 heavy (non-hydrogen) atoms. The molecule has 0 spiro atoms. The van der Waals surface area contributed by atoms with Crippen LogP contribution in [-0.2, 0) is 0 Å². The molecular weight excluding hydrogens is 242 g/mol. The molecule has 0 aliphatic carbocycles. The van der Waals surface area contributed by atoms with Gasteiger partial charge in [0.25, 0.3) is 0 Å². The first-order chi connectivity index (χ1) is 6.84. The maximum atomic E-state index is 4.29. The van der Waals surface area contributed by atoms with Crippen LogP contribution in [-0.4, -0.2) is 24.1 Å². The van der Waals surface area contributed by atoms with E-state index >= 15 is 0 Å². The molecule has 1 aromatic heterocycles. The van der Waals surface area contributed by atoms with Gasteiger partial charge in [-0.05, 0) is 47.4 Å². The molecule has 1 aliphatic heterocycles. The summed E-state index contributed by atoms with van der Waals surface area (Å²) in [7, 11) is 0. The smallest absolute Gasteiger partial charge is 0.126 e. The number of halogens is 1. The maximum absolute atomic E-state index is 4.29. The summed E-state index contributed by atoms with van der Waals surface area (Å²) in [5.74, 6) is 0.960. The molecule has 1 unspecified atom stereocenters. The zero-order valence-corrected chi connectivity index (χ0v) is 9.55. The Balaban J connectivity index is 1.92. The average Bonchev–Trinajstić information content (AvgIpc) is 2.23. The molecule has 2 N–H and O–H groups in total. The van der Waals surface area contributed by atoms with Gasteiger partial charge in [0.15, 0.2) is 0 Å². The van der Waals surface area contributed by atoms with Crippen molar-refractivity contribution in [3.05, 3.63) is 22.8 Å². The van der Waals surface area contributed by atoms with Crippen LogP contribution in [0.2, 0.25) is 0 Å². The summed E-state index contributed by atoms with van der Waals surface area (Å²) >= 11 is 3.37. The summed E-state index contributed by atoms with van der Waals surface area (Å²) in [5, 5.41) is 6.78. The number of nitrogens with one attached hydrogen (secondary N) is 2. The Labute approximate surface area is 92.4 Å². The first-order valence-corrected chi connectivity index (χ1v) is 5.73. The molecule has 4 heteroatoms. The fourth-order valence-corrected chi connectivity index (χ4v) is 1.88. The van der Waals surface area contributed by atoms with Gasteiger partial charge in [-0.2, -0.15) is 0 Å². The zero-order valence-electron chi connectivity index (χ0n) is 7.96. The fraction of sp³-hybridized carbons (Fsp3) is 0.500. The molecule has 3 nitrogen and oxygen atoms in total. The Morgan fingerprint density at radius 1 is 1.50 bits per heavy atom. The van der Waals surface area contributed by atoms with Crippen molar-refractivity contribution in [3.63, 3.8) is 0 Å². The van der Waals surface area contributed by atoms with Crippen molar-refractivity contribution >= 4 is 21.7 Å². The van der Waals surface area contributed by atoms with E-state index in [0.29, 0.717) is 6.04 Å². The van der Waals surface area contributed by atoms with Crippen molar-refractivity contribution < 1.29 is 0 Å². The van der Waals surface area contributed by atoms with E-state index in [0.717, 1.165) is 23.4 Å². The van der Waals surface area contributed by atoms with Crippen molar-refractivity contribution in [1.29, 1.82) is 0 Å². The Bertz CT molecular complexity index is 280. The van der Waals surface area contributed by atoms with Crippen LogP contribution in [0.5, 0.6) is 0 Å². The Hall–Kier alpha value is -0.610. The number of pyridine rings is 1. The molecule has 2 rings (SSSR count). The third-order valence-electron chi connectivity index (χ3n) is 2.38. The van der Waals surface area contributed by atoms with Crippen LogP contribution in [0.15, 0.2) is 22.8 Å². The lowest BCUT2D eigenvalue weighted by Gasteiger charge is -2.24. The van der Waals surface area contributed by atoms with Crippen LogP contribution >= 0.6 is 15.9 Å². The van der Waals surface area contributed by atoms with Gasteiger partial charge in [-0.15, -0.1) is 0 Å². The van der Waals surface area contributed by atoms with Crippen molar-refractivity contribution in [1.82, 2.24) is 10.3 Å². The molecule has 0 saturated carbocycles. The summed E-state index contributed by atoms with van der Waals surface area (Å²) in [6.45, 7) is 2.18. The largest absolute Gasteiger partial charge is 0.366 e. The second-order valence-corrected chi connectivity index (χ2v) is 4.46. The minimum atomic E-state index is 0.525. The summed E-state index contributed by atoms with van der Waals surface area (Å²) in [6.07, 6.45) is 4.29. The van der Waals surface area contributed by atoms with Crippen LogP contribution in [0.1, 0.15) is 12.8 Å². The van der Waals surface area contributed by atoms with Crippen molar-refractivity contribution in [2.75, 3.05) is 18.4 Å². The van der Waals surface area contributed by atoms with Gasteiger partial charge in [0.2, 0.25) is 0 Å². The molecule has 76 valence electrons. The van der Waals surface area contributed by atoms with Crippen LogP contribution < -0.4 is 10.6 Å². The highest BCUT2D eigenvalue weighted by atomic mass is 79.9. The Morgan fingerprint density at radius 2 is 2.43 bits per heavy atom. The van der Waals surface area contributed by atoms with Gasteiger partial charge in [0, 0.05) is 23.3 Å². The fourth-order valence-electron chi connectivity index (χ4n) is 1.65. The van der Waals surface area contributed by atoms with Gasteiger partial charge in [-0.3, -0.25) is 0 Å². The van der Waals surface area contributed by atoms with Crippen molar-refractivity contribution in [2.45, 2.75) is 18.9 Å². The quantitative estimate of drug-likeness (QED) is 0.849. The lowest BCUT2D eigenvalue weighted by molar-refractivity contribution is 0.479. The molecule has 0 amide bonds. The van der Waals surface area contributed by atoms with E-state index in [2.05, 4.69) is 31.5 Å². The topological polar surface area (TPSA) is 37.0 Å².